The fraction of sp³-hybridized carbons (Fsp3) is 0.500. The van der Waals surface area contributed by atoms with E-state index in [4.69, 9.17) is 0 Å². The molecule has 0 bridgehead atoms. The van der Waals surface area contributed by atoms with Gasteiger partial charge in [-0.1, -0.05) is 19.1 Å². The Bertz CT molecular complexity index is 416. The van der Waals surface area contributed by atoms with Gasteiger partial charge in [0.25, 0.3) is 0 Å². The van der Waals surface area contributed by atoms with Crippen LogP contribution in [0.2, 0.25) is 0 Å². The quantitative estimate of drug-likeness (QED) is 0.864. The highest BCUT2D eigenvalue weighted by atomic mass is 16.3. The standard InChI is InChI=1S/C14H20N2O2/c1-3-11-4-6-12(7-5-11)16-9-8-15(2)13(10-17)14(16)18/h4-7,13,17H,3,8-10H2,1-2H3. The second-order valence-electron chi connectivity index (χ2n) is 4.69. The zero-order valence-corrected chi connectivity index (χ0v) is 11.0. The number of anilines is 1. The number of carbonyl (C=O) groups is 1. The van der Waals surface area contributed by atoms with Gasteiger partial charge < -0.3 is 10.0 Å². The molecule has 0 radical (unpaired) electrons. The molecule has 1 aliphatic heterocycles. The average molecular weight is 248 g/mol. The average Bonchev–Trinajstić information content (AvgIpc) is 2.40. The Kier molecular flexibility index (Phi) is 3.99. The molecular formula is C14H20N2O2. The van der Waals surface area contributed by atoms with E-state index in [0.29, 0.717) is 6.54 Å². The first-order chi connectivity index (χ1) is 8.67. The Hall–Kier alpha value is -1.39. The lowest BCUT2D eigenvalue weighted by Crippen LogP contribution is -2.57. The highest BCUT2D eigenvalue weighted by Crippen LogP contribution is 2.20. The van der Waals surface area contributed by atoms with Crippen LogP contribution in [0.25, 0.3) is 0 Å². The SMILES string of the molecule is CCc1ccc(N2CCN(C)C(CO)C2=O)cc1. The highest BCUT2D eigenvalue weighted by Gasteiger charge is 2.32. The topological polar surface area (TPSA) is 43.8 Å². The summed E-state index contributed by atoms with van der Waals surface area (Å²) in [6.07, 6.45) is 0.996. The number of rotatable bonds is 3. The van der Waals surface area contributed by atoms with E-state index in [1.165, 1.54) is 5.56 Å². The zero-order chi connectivity index (χ0) is 13.1. The molecule has 1 atom stereocenters. The van der Waals surface area contributed by atoms with E-state index >= 15 is 0 Å². The molecule has 1 heterocycles. The van der Waals surface area contributed by atoms with Gasteiger partial charge in [-0.15, -0.1) is 0 Å². The summed E-state index contributed by atoms with van der Waals surface area (Å²) >= 11 is 0. The molecule has 1 amide bonds. The molecule has 2 rings (SSSR count). The summed E-state index contributed by atoms with van der Waals surface area (Å²) in [6, 6.07) is 7.65. The summed E-state index contributed by atoms with van der Waals surface area (Å²) in [5.41, 5.74) is 2.18. The van der Waals surface area contributed by atoms with Gasteiger partial charge in [0.15, 0.2) is 0 Å². The molecule has 1 aromatic rings. The van der Waals surface area contributed by atoms with Crippen LogP contribution in [0.5, 0.6) is 0 Å². The number of piperazine rings is 1. The molecule has 1 aliphatic rings. The van der Waals surface area contributed by atoms with Crippen LogP contribution in [0, 0.1) is 0 Å². The van der Waals surface area contributed by atoms with Gasteiger partial charge >= 0.3 is 0 Å². The van der Waals surface area contributed by atoms with E-state index in [2.05, 4.69) is 19.1 Å². The number of carbonyl (C=O) groups excluding carboxylic acids is 1. The van der Waals surface area contributed by atoms with Gasteiger partial charge in [0.1, 0.15) is 6.04 Å². The number of likely N-dealkylation sites (N-methyl/N-ethyl adjacent to an activating group) is 1. The summed E-state index contributed by atoms with van der Waals surface area (Å²) in [7, 11) is 1.87. The third-order valence-electron chi connectivity index (χ3n) is 3.59. The summed E-state index contributed by atoms with van der Waals surface area (Å²) in [4.78, 5) is 15.9. The van der Waals surface area contributed by atoms with Gasteiger partial charge in [-0.2, -0.15) is 0 Å². The number of aliphatic hydroxyl groups is 1. The lowest BCUT2D eigenvalue weighted by molar-refractivity contribution is -0.126. The normalized spacial score (nSPS) is 21.4. The van der Waals surface area contributed by atoms with E-state index in [-0.39, 0.29) is 12.5 Å². The van der Waals surface area contributed by atoms with Gasteiger partial charge in [-0.3, -0.25) is 9.69 Å². The summed E-state index contributed by atoms with van der Waals surface area (Å²) in [5, 5.41) is 9.29. The van der Waals surface area contributed by atoms with E-state index in [1.54, 1.807) is 4.90 Å². The molecule has 0 aromatic heterocycles. The van der Waals surface area contributed by atoms with Crippen molar-refractivity contribution in [3.63, 3.8) is 0 Å². The van der Waals surface area contributed by atoms with Crippen LogP contribution in [0.4, 0.5) is 5.69 Å². The Morgan fingerprint density at radius 2 is 1.94 bits per heavy atom. The first kappa shape index (κ1) is 13.1. The van der Waals surface area contributed by atoms with E-state index in [1.807, 2.05) is 24.1 Å². The Morgan fingerprint density at radius 3 is 2.50 bits per heavy atom. The maximum absolute atomic E-state index is 12.2. The van der Waals surface area contributed by atoms with Crippen molar-refractivity contribution in [3.05, 3.63) is 29.8 Å². The van der Waals surface area contributed by atoms with Gasteiger partial charge in [0.2, 0.25) is 5.91 Å². The second kappa shape index (κ2) is 5.50. The van der Waals surface area contributed by atoms with Crippen molar-refractivity contribution in [1.82, 2.24) is 4.90 Å². The lowest BCUT2D eigenvalue weighted by atomic mass is 10.1. The molecule has 0 spiro atoms. The molecule has 4 nitrogen and oxygen atoms in total. The molecule has 1 aromatic carbocycles. The summed E-state index contributed by atoms with van der Waals surface area (Å²) < 4.78 is 0. The second-order valence-corrected chi connectivity index (χ2v) is 4.69. The number of benzene rings is 1. The van der Waals surface area contributed by atoms with Crippen LogP contribution in [0.3, 0.4) is 0 Å². The smallest absolute Gasteiger partial charge is 0.246 e. The molecule has 4 heteroatoms. The molecular weight excluding hydrogens is 228 g/mol. The van der Waals surface area contributed by atoms with Gasteiger partial charge in [-0.25, -0.2) is 0 Å². The first-order valence-corrected chi connectivity index (χ1v) is 6.38. The minimum absolute atomic E-state index is 0.0181. The number of hydrogen-bond donors (Lipinski definition) is 1. The Balaban J connectivity index is 2.19. The third kappa shape index (κ3) is 2.40. The largest absolute Gasteiger partial charge is 0.394 e. The predicted molar refractivity (Wildman–Crippen MR) is 71.7 cm³/mol. The number of aliphatic hydroxyl groups excluding tert-OH is 1. The fourth-order valence-corrected chi connectivity index (χ4v) is 2.28. The minimum atomic E-state index is -0.412. The molecule has 0 saturated carbocycles. The van der Waals surface area contributed by atoms with Crippen molar-refractivity contribution in [2.24, 2.45) is 0 Å². The van der Waals surface area contributed by atoms with Crippen molar-refractivity contribution < 1.29 is 9.90 Å². The van der Waals surface area contributed by atoms with Crippen molar-refractivity contribution in [3.8, 4) is 0 Å². The summed E-state index contributed by atoms with van der Waals surface area (Å²) in [6.45, 7) is 3.44. The molecule has 0 aliphatic carbocycles. The van der Waals surface area contributed by atoms with Crippen molar-refractivity contribution in [1.29, 1.82) is 0 Å². The van der Waals surface area contributed by atoms with Crippen molar-refractivity contribution in [2.75, 3.05) is 31.6 Å². The van der Waals surface area contributed by atoms with Gasteiger partial charge in [0, 0.05) is 18.8 Å². The van der Waals surface area contributed by atoms with E-state index < -0.39 is 6.04 Å². The first-order valence-electron chi connectivity index (χ1n) is 6.38. The van der Waals surface area contributed by atoms with Crippen LogP contribution in [-0.4, -0.2) is 48.7 Å². The maximum Gasteiger partial charge on any atom is 0.246 e. The number of amides is 1. The fourth-order valence-electron chi connectivity index (χ4n) is 2.28. The van der Waals surface area contributed by atoms with Crippen LogP contribution in [0.15, 0.2) is 24.3 Å². The summed E-state index contributed by atoms with van der Waals surface area (Å²) in [5.74, 6) is -0.0181. The Morgan fingerprint density at radius 1 is 1.28 bits per heavy atom. The van der Waals surface area contributed by atoms with Crippen LogP contribution < -0.4 is 4.90 Å². The van der Waals surface area contributed by atoms with Crippen molar-refractivity contribution >= 4 is 11.6 Å². The van der Waals surface area contributed by atoms with Crippen LogP contribution in [-0.2, 0) is 11.2 Å². The molecule has 1 unspecified atom stereocenters. The molecule has 1 N–H and O–H groups in total. The predicted octanol–water partition coefficient (Wildman–Crippen LogP) is 0.888. The van der Waals surface area contributed by atoms with Crippen molar-refractivity contribution in [2.45, 2.75) is 19.4 Å². The van der Waals surface area contributed by atoms with Gasteiger partial charge in [-0.05, 0) is 31.2 Å². The third-order valence-corrected chi connectivity index (χ3v) is 3.59. The lowest BCUT2D eigenvalue weighted by Gasteiger charge is -2.37. The van der Waals surface area contributed by atoms with Gasteiger partial charge in [0.05, 0.1) is 6.61 Å². The number of aryl methyl sites for hydroxylation is 1. The molecule has 98 valence electrons. The minimum Gasteiger partial charge on any atom is -0.394 e. The number of hydrogen-bond acceptors (Lipinski definition) is 3. The van der Waals surface area contributed by atoms with Crippen LogP contribution in [0.1, 0.15) is 12.5 Å². The van der Waals surface area contributed by atoms with E-state index in [0.717, 1.165) is 18.7 Å². The molecule has 18 heavy (non-hydrogen) atoms. The molecule has 1 fully saturated rings. The van der Waals surface area contributed by atoms with E-state index in [9.17, 15) is 9.90 Å². The monoisotopic (exact) mass is 248 g/mol. The maximum atomic E-state index is 12.2. The van der Waals surface area contributed by atoms with Crippen LogP contribution >= 0.6 is 0 Å². The molecule has 1 saturated heterocycles. The highest BCUT2D eigenvalue weighted by molar-refractivity contribution is 5.98. The zero-order valence-electron chi connectivity index (χ0n) is 11.0. The Labute approximate surface area is 108 Å². The number of nitrogens with zero attached hydrogens (tertiary/aromatic N) is 2.